The van der Waals surface area contributed by atoms with E-state index >= 15 is 0 Å². The van der Waals surface area contributed by atoms with Gasteiger partial charge in [-0.05, 0) is 24.9 Å². The molecule has 1 aromatic carbocycles. The fourth-order valence-electron chi connectivity index (χ4n) is 2.37. The summed E-state index contributed by atoms with van der Waals surface area (Å²) in [6.45, 7) is 0. The zero-order valence-corrected chi connectivity index (χ0v) is 12.0. The number of hydrogen-bond acceptors (Lipinski definition) is 3. The molecule has 100 valence electrons. The number of nitrogens with two attached hydrogens (primary N) is 1. The number of imidazole rings is 1. The zero-order valence-electron chi connectivity index (χ0n) is 11.2. The third kappa shape index (κ3) is 2.50. The Morgan fingerprint density at radius 1 is 1.32 bits per heavy atom. The lowest BCUT2D eigenvalue weighted by atomic mass is 10.2. The number of anilines is 1. The van der Waals surface area contributed by atoms with E-state index in [0.717, 1.165) is 35.1 Å². The summed E-state index contributed by atoms with van der Waals surface area (Å²) in [6.07, 6.45) is 5.52. The predicted octanol–water partition coefficient (Wildman–Crippen LogP) is 3.37. The molecule has 0 amide bonds. The van der Waals surface area contributed by atoms with E-state index in [9.17, 15) is 0 Å². The van der Waals surface area contributed by atoms with E-state index in [4.69, 9.17) is 10.7 Å². The first kappa shape index (κ1) is 12.6. The van der Waals surface area contributed by atoms with Crippen molar-refractivity contribution in [1.82, 2.24) is 9.55 Å². The molecule has 1 aromatic heterocycles. The molecule has 0 bridgehead atoms. The van der Waals surface area contributed by atoms with Gasteiger partial charge in [0.2, 0.25) is 0 Å². The van der Waals surface area contributed by atoms with Crippen molar-refractivity contribution in [2.24, 2.45) is 0 Å². The van der Waals surface area contributed by atoms with Crippen molar-refractivity contribution in [3.05, 3.63) is 36.0 Å². The fraction of sp³-hybridized carbons (Fsp3) is 0.400. The van der Waals surface area contributed by atoms with Gasteiger partial charge in [0, 0.05) is 18.0 Å². The second-order valence-electron chi connectivity index (χ2n) is 4.98. The predicted molar refractivity (Wildman–Crippen MR) is 82.4 cm³/mol. The van der Waals surface area contributed by atoms with Crippen LogP contribution in [0, 0.1) is 0 Å². The monoisotopic (exact) mass is 273 g/mol. The van der Waals surface area contributed by atoms with Gasteiger partial charge in [0.25, 0.3) is 0 Å². The van der Waals surface area contributed by atoms with E-state index in [1.165, 1.54) is 12.8 Å². The first-order valence-electron chi connectivity index (χ1n) is 6.72. The van der Waals surface area contributed by atoms with E-state index in [2.05, 4.69) is 35.1 Å². The molecule has 4 heteroatoms. The van der Waals surface area contributed by atoms with E-state index in [0.29, 0.717) is 6.04 Å². The standard InChI is InChI=1S/C15H19N3S/c1-19-10-9-13-14(16)18(12-7-8-12)15(17-13)11-5-3-2-4-6-11/h2-6,12H,7-10,16H2,1H3. The van der Waals surface area contributed by atoms with Gasteiger partial charge in [-0.25, -0.2) is 4.98 Å². The second kappa shape index (κ2) is 5.29. The number of aryl methyl sites for hydroxylation is 1. The maximum Gasteiger partial charge on any atom is 0.142 e. The van der Waals surface area contributed by atoms with Crippen LogP contribution in [0.25, 0.3) is 11.4 Å². The number of rotatable bonds is 5. The number of thioether (sulfide) groups is 1. The fourth-order valence-corrected chi connectivity index (χ4v) is 2.77. The van der Waals surface area contributed by atoms with Gasteiger partial charge in [-0.15, -0.1) is 0 Å². The highest BCUT2D eigenvalue weighted by Gasteiger charge is 2.29. The van der Waals surface area contributed by atoms with Crippen molar-refractivity contribution < 1.29 is 0 Å². The van der Waals surface area contributed by atoms with Gasteiger partial charge in [0.05, 0.1) is 5.69 Å². The maximum absolute atomic E-state index is 6.31. The van der Waals surface area contributed by atoms with Gasteiger partial charge in [-0.3, -0.25) is 0 Å². The summed E-state index contributed by atoms with van der Waals surface area (Å²) in [6, 6.07) is 10.9. The maximum atomic E-state index is 6.31. The molecule has 1 heterocycles. The highest BCUT2D eigenvalue weighted by Crippen LogP contribution is 2.41. The number of benzene rings is 1. The van der Waals surface area contributed by atoms with Gasteiger partial charge < -0.3 is 10.3 Å². The van der Waals surface area contributed by atoms with Crippen LogP contribution in [0.5, 0.6) is 0 Å². The average molecular weight is 273 g/mol. The molecule has 0 spiro atoms. The molecule has 0 radical (unpaired) electrons. The van der Waals surface area contributed by atoms with Crippen LogP contribution in [0.2, 0.25) is 0 Å². The van der Waals surface area contributed by atoms with Crippen LogP contribution in [0.4, 0.5) is 5.82 Å². The molecular formula is C15H19N3S. The molecule has 19 heavy (non-hydrogen) atoms. The Labute approximate surface area is 118 Å². The molecule has 1 fully saturated rings. The van der Waals surface area contributed by atoms with Crippen molar-refractivity contribution in [2.45, 2.75) is 25.3 Å². The number of aromatic nitrogens is 2. The first-order valence-corrected chi connectivity index (χ1v) is 8.11. The Bertz CT molecular complexity index is 558. The van der Waals surface area contributed by atoms with Crippen LogP contribution in [-0.2, 0) is 6.42 Å². The first-order chi connectivity index (χ1) is 9.31. The van der Waals surface area contributed by atoms with E-state index in [-0.39, 0.29) is 0 Å². The van der Waals surface area contributed by atoms with E-state index in [1.54, 1.807) is 0 Å². The van der Waals surface area contributed by atoms with Crippen LogP contribution < -0.4 is 5.73 Å². The smallest absolute Gasteiger partial charge is 0.142 e. The quantitative estimate of drug-likeness (QED) is 0.908. The molecule has 1 aliphatic rings. The Hall–Kier alpha value is -1.42. The molecule has 3 rings (SSSR count). The molecule has 3 nitrogen and oxygen atoms in total. The summed E-state index contributed by atoms with van der Waals surface area (Å²) in [4.78, 5) is 4.80. The largest absolute Gasteiger partial charge is 0.384 e. The number of nitrogens with zero attached hydrogens (tertiary/aromatic N) is 2. The van der Waals surface area contributed by atoms with Crippen LogP contribution in [-0.4, -0.2) is 21.6 Å². The summed E-state index contributed by atoms with van der Waals surface area (Å²) in [7, 11) is 0. The van der Waals surface area contributed by atoms with Crippen LogP contribution in [0.3, 0.4) is 0 Å². The number of hydrogen-bond donors (Lipinski definition) is 1. The third-order valence-corrected chi connectivity index (χ3v) is 4.12. The molecular weight excluding hydrogens is 254 g/mol. The lowest BCUT2D eigenvalue weighted by molar-refractivity contribution is 0.759. The summed E-state index contributed by atoms with van der Waals surface area (Å²) >= 11 is 1.84. The normalized spacial score (nSPS) is 14.8. The molecule has 2 N–H and O–H groups in total. The van der Waals surface area contributed by atoms with E-state index < -0.39 is 0 Å². The summed E-state index contributed by atoms with van der Waals surface area (Å²) in [5, 5.41) is 0. The van der Waals surface area contributed by atoms with Crippen LogP contribution in [0.15, 0.2) is 30.3 Å². The molecule has 0 atom stereocenters. The van der Waals surface area contributed by atoms with Crippen LogP contribution in [0.1, 0.15) is 24.6 Å². The van der Waals surface area contributed by atoms with Gasteiger partial charge in [-0.2, -0.15) is 11.8 Å². The minimum absolute atomic E-state index is 0.561. The zero-order chi connectivity index (χ0) is 13.2. The highest BCUT2D eigenvalue weighted by molar-refractivity contribution is 7.98. The van der Waals surface area contributed by atoms with Crippen molar-refractivity contribution in [3.8, 4) is 11.4 Å². The molecule has 2 aromatic rings. The summed E-state index contributed by atoms with van der Waals surface area (Å²) in [5.41, 5.74) is 8.53. The lowest BCUT2D eigenvalue weighted by Gasteiger charge is -2.08. The van der Waals surface area contributed by atoms with E-state index in [1.807, 2.05) is 17.8 Å². The SMILES string of the molecule is CSCCc1nc(-c2ccccc2)n(C2CC2)c1N. The Balaban J connectivity index is 2.02. The lowest BCUT2D eigenvalue weighted by Crippen LogP contribution is -2.03. The molecule has 1 saturated carbocycles. The summed E-state index contributed by atoms with van der Waals surface area (Å²) < 4.78 is 2.24. The Morgan fingerprint density at radius 3 is 2.68 bits per heavy atom. The number of nitrogen functional groups attached to an aromatic ring is 1. The Kier molecular flexibility index (Phi) is 3.51. The molecule has 0 saturated heterocycles. The highest BCUT2D eigenvalue weighted by atomic mass is 32.2. The Morgan fingerprint density at radius 2 is 2.05 bits per heavy atom. The summed E-state index contributed by atoms with van der Waals surface area (Å²) in [5.74, 6) is 2.98. The van der Waals surface area contributed by atoms with Gasteiger partial charge in [0.1, 0.15) is 11.6 Å². The minimum atomic E-state index is 0.561. The van der Waals surface area contributed by atoms with Gasteiger partial charge in [0.15, 0.2) is 0 Å². The van der Waals surface area contributed by atoms with Crippen molar-refractivity contribution in [2.75, 3.05) is 17.7 Å². The minimum Gasteiger partial charge on any atom is -0.384 e. The molecule has 0 aliphatic heterocycles. The molecule has 1 aliphatic carbocycles. The van der Waals surface area contributed by atoms with Gasteiger partial charge in [-0.1, -0.05) is 30.3 Å². The topological polar surface area (TPSA) is 43.8 Å². The van der Waals surface area contributed by atoms with Crippen molar-refractivity contribution >= 4 is 17.6 Å². The van der Waals surface area contributed by atoms with Gasteiger partial charge >= 0.3 is 0 Å². The second-order valence-corrected chi connectivity index (χ2v) is 5.96. The van der Waals surface area contributed by atoms with Crippen LogP contribution >= 0.6 is 11.8 Å². The average Bonchev–Trinajstić information content (AvgIpc) is 3.22. The van der Waals surface area contributed by atoms with Crippen molar-refractivity contribution in [1.29, 1.82) is 0 Å². The molecule has 0 unspecified atom stereocenters. The van der Waals surface area contributed by atoms with Crippen molar-refractivity contribution in [3.63, 3.8) is 0 Å². The third-order valence-electron chi connectivity index (χ3n) is 3.51.